The normalized spacial score (nSPS) is 14.9. The molecule has 1 aromatic rings. The van der Waals surface area contributed by atoms with E-state index in [4.69, 9.17) is 10.7 Å². The SMILES string of the molecule is Cc1c(C(=O)NC2CC2)cc([N+](=O)[O-])cc1S(=O)(=O)Cl. The number of halogens is 1. The van der Waals surface area contributed by atoms with Crippen LogP contribution in [-0.4, -0.2) is 25.3 Å². The molecule has 1 aliphatic carbocycles. The van der Waals surface area contributed by atoms with Crippen molar-refractivity contribution in [2.45, 2.75) is 30.7 Å². The number of rotatable bonds is 4. The van der Waals surface area contributed by atoms with Gasteiger partial charge in [0.2, 0.25) is 0 Å². The quantitative estimate of drug-likeness (QED) is 0.517. The highest BCUT2D eigenvalue weighted by atomic mass is 35.7. The summed E-state index contributed by atoms with van der Waals surface area (Å²) in [4.78, 5) is 21.6. The third kappa shape index (κ3) is 3.07. The lowest BCUT2D eigenvalue weighted by molar-refractivity contribution is -0.385. The number of benzene rings is 1. The van der Waals surface area contributed by atoms with E-state index in [1.54, 1.807) is 0 Å². The van der Waals surface area contributed by atoms with Crippen LogP contribution in [-0.2, 0) is 9.05 Å². The van der Waals surface area contributed by atoms with Crippen molar-refractivity contribution in [2.24, 2.45) is 0 Å². The summed E-state index contributed by atoms with van der Waals surface area (Å²) in [7, 11) is 1.08. The van der Waals surface area contributed by atoms with E-state index < -0.39 is 30.5 Å². The number of amides is 1. The van der Waals surface area contributed by atoms with Crippen molar-refractivity contribution in [3.63, 3.8) is 0 Å². The summed E-state index contributed by atoms with van der Waals surface area (Å²) >= 11 is 0. The van der Waals surface area contributed by atoms with E-state index >= 15 is 0 Å². The molecule has 0 spiro atoms. The summed E-state index contributed by atoms with van der Waals surface area (Å²) in [6, 6.07) is 1.96. The van der Waals surface area contributed by atoms with Crippen molar-refractivity contribution < 1.29 is 18.1 Å². The van der Waals surface area contributed by atoms with Crippen molar-refractivity contribution in [3.05, 3.63) is 33.4 Å². The summed E-state index contributed by atoms with van der Waals surface area (Å²) in [5, 5.41) is 13.5. The first-order chi connectivity index (χ1) is 9.20. The average Bonchev–Trinajstić information content (AvgIpc) is 3.11. The summed E-state index contributed by atoms with van der Waals surface area (Å²) in [5.74, 6) is -0.532. The molecular formula is C11H11ClN2O5S. The highest BCUT2D eigenvalue weighted by molar-refractivity contribution is 8.13. The first-order valence-electron chi connectivity index (χ1n) is 5.74. The maximum atomic E-state index is 12.0. The summed E-state index contributed by atoms with van der Waals surface area (Å²) in [5.41, 5.74) is -0.440. The van der Waals surface area contributed by atoms with Crippen molar-refractivity contribution >= 4 is 31.3 Å². The zero-order valence-corrected chi connectivity index (χ0v) is 12.0. The fraction of sp³-hybridized carbons (Fsp3) is 0.364. The zero-order chi connectivity index (χ0) is 15.1. The monoisotopic (exact) mass is 318 g/mol. The van der Waals surface area contributed by atoms with Gasteiger partial charge < -0.3 is 5.32 Å². The highest BCUT2D eigenvalue weighted by Crippen LogP contribution is 2.29. The molecule has 1 fully saturated rings. The third-order valence-corrected chi connectivity index (χ3v) is 4.42. The smallest absolute Gasteiger partial charge is 0.271 e. The topological polar surface area (TPSA) is 106 Å². The largest absolute Gasteiger partial charge is 0.349 e. The molecule has 1 aliphatic rings. The second-order valence-corrected chi connectivity index (χ2v) is 7.09. The van der Waals surface area contributed by atoms with Crippen molar-refractivity contribution in [1.82, 2.24) is 5.32 Å². The standard InChI is InChI=1S/C11H11ClN2O5S/c1-6-9(11(15)13-7-2-3-7)4-8(14(16)17)5-10(6)20(12,18)19/h4-5,7H,2-3H2,1H3,(H,13,15). The van der Waals surface area contributed by atoms with Gasteiger partial charge in [-0.1, -0.05) is 0 Å². The predicted molar refractivity (Wildman–Crippen MR) is 71.4 cm³/mol. The van der Waals surface area contributed by atoms with Crippen LogP contribution in [0.2, 0.25) is 0 Å². The molecule has 1 amide bonds. The van der Waals surface area contributed by atoms with Gasteiger partial charge in [-0.15, -0.1) is 0 Å². The molecule has 0 atom stereocenters. The third-order valence-electron chi connectivity index (χ3n) is 2.98. The first-order valence-corrected chi connectivity index (χ1v) is 8.05. The van der Waals surface area contributed by atoms with E-state index in [2.05, 4.69) is 5.32 Å². The minimum Gasteiger partial charge on any atom is -0.349 e. The molecule has 0 radical (unpaired) electrons. The van der Waals surface area contributed by atoms with Crippen LogP contribution in [0.5, 0.6) is 0 Å². The molecule has 0 heterocycles. The Morgan fingerprint density at radius 3 is 2.50 bits per heavy atom. The van der Waals surface area contributed by atoms with Crippen LogP contribution in [0.1, 0.15) is 28.8 Å². The fourth-order valence-corrected chi connectivity index (χ4v) is 2.98. The number of nitro groups is 1. The van der Waals surface area contributed by atoms with Gasteiger partial charge in [0.25, 0.3) is 20.6 Å². The van der Waals surface area contributed by atoms with E-state index in [-0.39, 0.29) is 17.2 Å². The lowest BCUT2D eigenvalue weighted by Gasteiger charge is -2.09. The Balaban J connectivity index is 2.56. The average molecular weight is 319 g/mol. The summed E-state index contributed by atoms with van der Waals surface area (Å²) < 4.78 is 22.9. The summed E-state index contributed by atoms with van der Waals surface area (Å²) in [6.45, 7) is 1.39. The lowest BCUT2D eigenvalue weighted by Crippen LogP contribution is -2.26. The maximum Gasteiger partial charge on any atom is 0.271 e. The van der Waals surface area contributed by atoms with Gasteiger partial charge in [0, 0.05) is 28.9 Å². The molecular weight excluding hydrogens is 308 g/mol. The Hall–Kier alpha value is -1.67. The molecule has 7 nitrogen and oxygen atoms in total. The maximum absolute atomic E-state index is 12.0. The van der Waals surface area contributed by atoms with Gasteiger partial charge in [0.15, 0.2) is 0 Å². The van der Waals surface area contributed by atoms with Gasteiger partial charge in [-0.25, -0.2) is 8.42 Å². The molecule has 1 saturated carbocycles. The molecule has 1 N–H and O–H groups in total. The summed E-state index contributed by atoms with van der Waals surface area (Å²) in [6.07, 6.45) is 1.70. The number of nitrogens with zero attached hydrogens (tertiary/aromatic N) is 1. The van der Waals surface area contributed by atoms with E-state index in [0.717, 1.165) is 25.0 Å². The Kier molecular flexibility index (Phi) is 3.70. The fourth-order valence-electron chi connectivity index (χ4n) is 1.76. The molecule has 0 bridgehead atoms. The molecule has 1 aromatic carbocycles. The number of non-ortho nitro benzene ring substituents is 1. The Bertz CT molecular complexity index is 697. The van der Waals surface area contributed by atoms with Gasteiger partial charge in [0.1, 0.15) is 0 Å². The Labute approximate surface area is 119 Å². The Morgan fingerprint density at radius 1 is 1.45 bits per heavy atom. The Morgan fingerprint density at radius 2 is 2.05 bits per heavy atom. The predicted octanol–water partition coefficient (Wildman–Crippen LogP) is 1.72. The minimum atomic E-state index is -4.17. The minimum absolute atomic E-state index is 0.0506. The van der Waals surface area contributed by atoms with Crippen LogP contribution in [0.3, 0.4) is 0 Å². The van der Waals surface area contributed by atoms with Gasteiger partial charge in [-0.3, -0.25) is 14.9 Å². The van der Waals surface area contributed by atoms with E-state index in [9.17, 15) is 23.3 Å². The molecule has 0 aromatic heterocycles. The molecule has 0 aliphatic heterocycles. The van der Waals surface area contributed by atoms with Crippen LogP contribution in [0, 0.1) is 17.0 Å². The molecule has 9 heteroatoms. The number of hydrogen-bond acceptors (Lipinski definition) is 5. The zero-order valence-electron chi connectivity index (χ0n) is 10.4. The van der Waals surface area contributed by atoms with Crippen LogP contribution >= 0.6 is 10.7 Å². The number of carbonyl (C=O) groups is 1. The van der Waals surface area contributed by atoms with Gasteiger partial charge in [0.05, 0.1) is 15.4 Å². The molecule has 2 rings (SSSR count). The molecule has 0 unspecified atom stereocenters. The van der Waals surface area contributed by atoms with Crippen molar-refractivity contribution in [2.75, 3.05) is 0 Å². The van der Waals surface area contributed by atoms with Crippen LogP contribution in [0.4, 0.5) is 5.69 Å². The van der Waals surface area contributed by atoms with Crippen molar-refractivity contribution in [3.8, 4) is 0 Å². The number of carbonyl (C=O) groups excluding carboxylic acids is 1. The second-order valence-electron chi connectivity index (χ2n) is 4.56. The second kappa shape index (κ2) is 5.02. The molecule has 20 heavy (non-hydrogen) atoms. The van der Waals surface area contributed by atoms with E-state index in [0.29, 0.717) is 0 Å². The van der Waals surface area contributed by atoms with Gasteiger partial charge >= 0.3 is 0 Å². The van der Waals surface area contributed by atoms with E-state index in [1.165, 1.54) is 6.92 Å². The number of nitro benzene ring substituents is 1. The molecule has 108 valence electrons. The lowest BCUT2D eigenvalue weighted by atomic mass is 10.1. The van der Waals surface area contributed by atoms with Crippen molar-refractivity contribution in [1.29, 1.82) is 0 Å². The first kappa shape index (κ1) is 14.7. The van der Waals surface area contributed by atoms with E-state index in [1.807, 2.05) is 0 Å². The highest BCUT2D eigenvalue weighted by Gasteiger charge is 2.28. The van der Waals surface area contributed by atoms with Crippen LogP contribution < -0.4 is 5.32 Å². The van der Waals surface area contributed by atoms with Crippen LogP contribution in [0.15, 0.2) is 17.0 Å². The van der Waals surface area contributed by atoms with Crippen LogP contribution in [0.25, 0.3) is 0 Å². The van der Waals surface area contributed by atoms with Gasteiger partial charge in [-0.2, -0.15) is 0 Å². The number of hydrogen-bond donors (Lipinski definition) is 1. The molecule has 0 saturated heterocycles. The number of nitrogens with one attached hydrogen (secondary N) is 1. The van der Waals surface area contributed by atoms with Gasteiger partial charge in [-0.05, 0) is 25.3 Å².